The smallest absolute Gasteiger partial charge is 0.251 e. The highest BCUT2D eigenvalue weighted by Crippen LogP contribution is 2.25. The number of amides is 1. The van der Waals surface area contributed by atoms with Gasteiger partial charge in [0.1, 0.15) is 0 Å². The van der Waals surface area contributed by atoms with E-state index in [-0.39, 0.29) is 5.91 Å². The fraction of sp³-hybridized carbons (Fsp3) is 0.462. The van der Waals surface area contributed by atoms with Crippen LogP contribution in [0.2, 0.25) is 0 Å². The zero-order valence-corrected chi connectivity index (χ0v) is 9.33. The Hall–Kier alpha value is -1.51. The number of rotatable bonds is 1. The summed E-state index contributed by atoms with van der Waals surface area (Å²) in [5, 5.41) is 2.86. The minimum atomic E-state index is 0.0696. The topological polar surface area (TPSA) is 32.3 Å². The first-order valence-electron chi connectivity index (χ1n) is 6.01. The van der Waals surface area contributed by atoms with Crippen molar-refractivity contribution in [1.29, 1.82) is 0 Å². The number of carbonyl (C=O) groups is 1. The fourth-order valence-electron chi connectivity index (χ4n) is 2.57. The van der Waals surface area contributed by atoms with Crippen molar-refractivity contribution in [3.05, 3.63) is 29.3 Å². The van der Waals surface area contributed by atoms with Crippen LogP contribution < -0.4 is 10.2 Å². The summed E-state index contributed by atoms with van der Waals surface area (Å²) in [6.45, 7) is 3.00. The van der Waals surface area contributed by atoms with Gasteiger partial charge in [0.05, 0.1) is 0 Å². The quantitative estimate of drug-likeness (QED) is 0.778. The third-order valence-corrected chi connectivity index (χ3v) is 3.49. The fourth-order valence-corrected chi connectivity index (χ4v) is 2.57. The predicted octanol–water partition coefficient (Wildman–Crippen LogP) is 1.92. The zero-order chi connectivity index (χ0) is 11.0. The lowest BCUT2D eigenvalue weighted by Gasteiger charge is -2.29. The van der Waals surface area contributed by atoms with E-state index in [0.717, 1.165) is 24.2 Å². The first-order chi connectivity index (χ1) is 7.84. The minimum absolute atomic E-state index is 0.0696. The van der Waals surface area contributed by atoms with Crippen LogP contribution in [0.25, 0.3) is 0 Å². The monoisotopic (exact) mass is 216 g/mol. The van der Waals surface area contributed by atoms with E-state index in [0.29, 0.717) is 6.54 Å². The molecule has 0 aliphatic carbocycles. The van der Waals surface area contributed by atoms with E-state index in [9.17, 15) is 4.79 Å². The third kappa shape index (κ3) is 1.56. The van der Waals surface area contributed by atoms with Gasteiger partial charge in [-0.2, -0.15) is 0 Å². The molecular weight excluding hydrogens is 200 g/mol. The summed E-state index contributed by atoms with van der Waals surface area (Å²) in [4.78, 5) is 13.9. The second-order valence-electron chi connectivity index (χ2n) is 4.57. The second-order valence-corrected chi connectivity index (χ2v) is 4.57. The highest BCUT2D eigenvalue weighted by molar-refractivity contribution is 5.98. The van der Waals surface area contributed by atoms with Crippen molar-refractivity contribution in [3.8, 4) is 0 Å². The van der Waals surface area contributed by atoms with Crippen LogP contribution in [0.3, 0.4) is 0 Å². The number of hydrogen-bond donors (Lipinski definition) is 1. The summed E-state index contributed by atoms with van der Waals surface area (Å²) in [5.41, 5.74) is 3.27. The molecule has 0 atom stereocenters. The Morgan fingerprint density at radius 3 is 2.75 bits per heavy atom. The molecule has 1 aromatic rings. The summed E-state index contributed by atoms with van der Waals surface area (Å²) >= 11 is 0. The van der Waals surface area contributed by atoms with Crippen LogP contribution >= 0.6 is 0 Å². The van der Waals surface area contributed by atoms with Gasteiger partial charge in [0.15, 0.2) is 0 Å². The normalized spacial score (nSPS) is 19.5. The highest BCUT2D eigenvalue weighted by Gasteiger charge is 2.20. The van der Waals surface area contributed by atoms with Gasteiger partial charge in [0.2, 0.25) is 0 Å². The van der Waals surface area contributed by atoms with Gasteiger partial charge in [0, 0.05) is 30.9 Å². The number of hydrogen-bond acceptors (Lipinski definition) is 2. The molecule has 0 unspecified atom stereocenters. The van der Waals surface area contributed by atoms with E-state index < -0.39 is 0 Å². The van der Waals surface area contributed by atoms with E-state index in [1.807, 2.05) is 6.07 Å². The molecule has 3 heteroatoms. The lowest BCUT2D eigenvalue weighted by molar-refractivity contribution is 0.0966. The van der Waals surface area contributed by atoms with Crippen LogP contribution in [-0.4, -0.2) is 19.0 Å². The summed E-state index contributed by atoms with van der Waals surface area (Å²) in [6.07, 6.45) is 3.92. The maximum absolute atomic E-state index is 11.4. The average molecular weight is 216 g/mol. The van der Waals surface area contributed by atoms with Gasteiger partial charge in [-0.15, -0.1) is 0 Å². The Labute approximate surface area is 95.4 Å². The number of piperidine rings is 1. The molecule has 0 spiro atoms. The molecule has 3 rings (SSSR count). The molecule has 16 heavy (non-hydrogen) atoms. The lowest BCUT2D eigenvalue weighted by atomic mass is 10.1. The van der Waals surface area contributed by atoms with E-state index in [2.05, 4.69) is 22.3 Å². The average Bonchev–Trinajstić information content (AvgIpc) is 2.72. The molecular formula is C13H16N2O. The molecule has 0 aromatic heterocycles. The number of carbonyl (C=O) groups excluding carboxylic acids is 1. The van der Waals surface area contributed by atoms with Gasteiger partial charge in [-0.3, -0.25) is 4.79 Å². The summed E-state index contributed by atoms with van der Waals surface area (Å²) in [5.74, 6) is 0.0696. The lowest BCUT2D eigenvalue weighted by Crippen LogP contribution is -2.29. The van der Waals surface area contributed by atoms with Gasteiger partial charge in [0.25, 0.3) is 5.91 Å². The van der Waals surface area contributed by atoms with E-state index in [1.54, 1.807) is 0 Å². The molecule has 2 aliphatic heterocycles. The number of nitrogens with one attached hydrogen (secondary N) is 1. The summed E-state index contributed by atoms with van der Waals surface area (Å²) in [6, 6.07) is 6.20. The first-order valence-corrected chi connectivity index (χ1v) is 6.01. The van der Waals surface area contributed by atoms with Crippen molar-refractivity contribution in [2.24, 2.45) is 0 Å². The summed E-state index contributed by atoms with van der Waals surface area (Å²) in [7, 11) is 0. The Kier molecular flexibility index (Phi) is 2.31. The number of anilines is 1. The molecule has 1 fully saturated rings. The summed E-state index contributed by atoms with van der Waals surface area (Å²) < 4.78 is 0. The maximum Gasteiger partial charge on any atom is 0.251 e. The Morgan fingerprint density at radius 1 is 1.12 bits per heavy atom. The van der Waals surface area contributed by atoms with Crippen LogP contribution in [-0.2, 0) is 6.54 Å². The van der Waals surface area contributed by atoms with Gasteiger partial charge in [-0.05, 0) is 43.0 Å². The zero-order valence-electron chi connectivity index (χ0n) is 9.33. The highest BCUT2D eigenvalue weighted by atomic mass is 16.1. The van der Waals surface area contributed by atoms with Gasteiger partial charge < -0.3 is 10.2 Å². The van der Waals surface area contributed by atoms with Gasteiger partial charge >= 0.3 is 0 Å². The van der Waals surface area contributed by atoms with Crippen molar-refractivity contribution in [2.75, 3.05) is 18.0 Å². The molecule has 1 amide bonds. The molecule has 0 radical (unpaired) electrons. The number of benzene rings is 1. The molecule has 1 saturated heterocycles. The molecule has 84 valence electrons. The first kappa shape index (κ1) is 9.70. The van der Waals surface area contributed by atoms with Gasteiger partial charge in [-0.25, -0.2) is 0 Å². The minimum Gasteiger partial charge on any atom is -0.372 e. The van der Waals surface area contributed by atoms with E-state index in [1.165, 1.54) is 24.9 Å². The second kappa shape index (κ2) is 3.81. The van der Waals surface area contributed by atoms with Crippen molar-refractivity contribution < 1.29 is 4.79 Å². The van der Waals surface area contributed by atoms with Crippen molar-refractivity contribution in [1.82, 2.24) is 5.32 Å². The molecule has 1 aromatic carbocycles. The standard InChI is InChI=1S/C13H16N2O/c16-13-12-5-4-11(8-10(12)9-14-13)15-6-2-1-3-7-15/h4-5,8H,1-3,6-7,9H2,(H,14,16). The number of fused-ring (bicyclic) bond motifs is 1. The van der Waals surface area contributed by atoms with Crippen LogP contribution in [0.4, 0.5) is 5.69 Å². The number of nitrogens with zero attached hydrogens (tertiary/aromatic N) is 1. The molecule has 1 N–H and O–H groups in total. The van der Waals surface area contributed by atoms with E-state index >= 15 is 0 Å². The molecule has 0 saturated carbocycles. The van der Waals surface area contributed by atoms with Crippen molar-refractivity contribution in [2.45, 2.75) is 25.8 Å². The Balaban J connectivity index is 1.89. The molecule has 3 nitrogen and oxygen atoms in total. The van der Waals surface area contributed by atoms with Crippen LogP contribution in [0.1, 0.15) is 35.2 Å². The third-order valence-electron chi connectivity index (χ3n) is 3.49. The molecule has 0 bridgehead atoms. The maximum atomic E-state index is 11.4. The predicted molar refractivity (Wildman–Crippen MR) is 63.7 cm³/mol. The Bertz CT molecular complexity index is 422. The van der Waals surface area contributed by atoms with Gasteiger partial charge in [-0.1, -0.05) is 0 Å². The van der Waals surface area contributed by atoms with Crippen LogP contribution in [0.5, 0.6) is 0 Å². The van der Waals surface area contributed by atoms with Crippen LogP contribution in [0, 0.1) is 0 Å². The molecule has 2 aliphatic rings. The van der Waals surface area contributed by atoms with Crippen molar-refractivity contribution in [3.63, 3.8) is 0 Å². The van der Waals surface area contributed by atoms with Crippen LogP contribution in [0.15, 0.2) is 18.2 Å². The largest absolute Gasteiger partial charge is 0.372 e. The Morgan fingerprint density at radius 2 is 1.94 bits per heavy atom. The van der Waals surface area contributed by atoms with E-state index in [4.69, 9.17) is 0 Å². The SMILES string of the molecule is O=C1NCc2cc(N3CCCCC3)ccc21. The van der Waals surface area contributed by atoms with Crippen molar-refractivity contribution >= 4 is 11.6 Å². The molecule has 2 heterocycles.